The monoisotopic (exact) mass is 318 g/mol. The van der Waals surface area contributed by atoms with Crippen LogP contribution in [0.3, 0.4) is 0 Å². The molecule has 4 nitrogen and oxygen atoms in total. The van der Waals surface area contributed by atoms with Gasteiger partial charge in [0.2, 0.25) is 10.0 Å². The summed E-state index contributed by atoms with van der Waals surface area (Å²) in [7, 11) is -1.71. The Morgan fingerprint density at radius 1 is 1.25 bits per heavy atom. The molecule has 0 saturated carbocycles. The summed E-state index contributed by atoms with van der Waals surface area (Å²) in [6.07, 6.45) is 0.802. The smallest absolute Gasteiger partial charge is 0.240 e. The lowest BCUT2D eigenvalue weighted by molar-refractivity contribution is 0.482. The van der Waals surface area contributed by atoms with E-state index in [-0.39, 0.29) is 10.9 Å². The number of hydrogen-bond acceptors (Lipinski definition) is 3. The van der Waals surface area contributed by atoms with Gasteiger partial charge in [-0.25, -0.2) is 13.1 Å². The van der Waals surface area contributed by atoms with Crippen molar-refractivity contribution in [3.8, 4) is 0 Å². The van der Waals surface area contributed by atoms with E-state index in [1.807, 2.05) is 6.92 Å². The molecule has 0 bridgehead atoms. The lowest BCUT2D eigenvalue weighted by Crippen LogP contribution is -2.33. The Morgan fingerprint density at radius 2 is 1.90 bits per heavy atom. The van der Waals surface area contributed by atoms with Crippen molar-refractivity contribution < 1.29 is 8.42 Å². The second-order valence-electron chi connectivity index (χ2n) is 5.44. The van der Waals surface area contributed by atoms with Gasteiger partial charge in [0.05, 0.1) is 4.90 Å². The molecule has 0 fully saturated rings. The maximum atomic E-state index is 12.3. The summed E-state index contributed by atoms with van der Waals surface area (Å²) < 4.78 is 27.3. The zero-order chi connectivity index (χ0) is 15.3. The summed E-state index contributed by atoms with van der Waals surface area (Å²) in [5.74, 6) is 0.442. The van der Waals surface area contributed by atoms with Crippen LogP contribution in [0.2, 0.25) is 5.02 Å². The van der Waals surface area contributed by atoms with Crippen LogP contribution in [0.1, 0.15) is 32.8 Å². The van der Waals surface area contributed by atoms with Gasteiger partial charge in [-0.05, 0) is 50.1 Å². The zero-order valence-corrected chi connectivity index (χ0v) is 14.0. The second-order valence-corrected chi connectivity index (χ2v) is 7.56. The highest BCUT2D eigenvalue weighted by atomic mass is 35.5. The molecular formula is C14H23ClN2O2S. The van der Waals surface area contributed by atoms with Crippen LogP contribution >= 0.6 is 11.6 Å². The topological polar surface area (TPSA) is 58.2 Å². The number of rotatable bonds is 7. The molecule has 0 spiro atoms. The van der Waals surface area contributed by atoms with Gasteiger partial charge in [-0.2, -0.15) is 0 Å². The molecule has 0 aliphatic rings. The number of nitrogens with one attached hydrogen (secondary N) is 2. The van der Waals surface area contributed by atoms with E-state index in [1.54, 1.807) is 19.2 Å². The van der Waals surface area contributed by atoms with Crippen LogP contribution in [0.25, 0.3) is 0 Å². The van der Waals surface area contributed by atoms with Crippen molar-refractivity contribution in [3.05, 3.63) is 28.8 Å². The molecule has 6 heteroatoms. The Kier molecular flexibility index (Phi) is 6.45. The van der Waals surface area contributed by atoms with E-state index in [0.29, 0.717) is 17.5 Å². The van der Waals surface area contributed by atoms with Gasteiger partial charge in [0.1, 0.15) is 0 Å². The Labute approximate surface area is 127 Å². The van der Waals surface area contributed by atoms with Crippen molar-refractivity contribution in [1.82, 2.24) is 10.0 Å². The molecule has 1 aromatic rings. The average Bonchev–Trinajstić information content (AvgIpc) is 2.30. The van der Waals surface area contributed by atoms with Crippen LogP contribution in [0.5, 0.6) is 0 Å². The molecule has 0 radical (unpaired) electrons. The summed E-state index contributed by atoms with van der Waals surface area (Å²) in [6, 6.07) is 4.67. The van der Waals surface area contributed by atoms with E-state index in [2.05, 4.69) is 23.9 Å². The normalized spacial score (nSPS) is 13.7. The summed E-state index contributed by atoms with van der Waals surface area (Å²) in [5.41, 5.74) is 0.772. The highest BCUT2D eigenvalue weighted by Crippen LogP contribution is 2.21. The first-order chi connectivity index (χ1) is 9.26. The third kappa shape index (κ3) is 5.05. The summed E-state index contributed by atoms with van der Waals surface area (Å²) in [6.45, 7) is 6.54. The Balaban J connectivity index is 2.95. The predicted molar refractivity (Wildman–Crippen MR) is 83.5 cm³/mol. The fourth-order valence-electron chi connectivity index (χ4n) is 2.13. The number of halogens is 1. The highest BCUT2D eigenvalue weighted by Gasteiger charge is 2.19. The molecule has 1 unspecified atom stereocenters. The lowest BCUT2D eigenvalue weighted by atomic mass is 10.1. The van der Waals surface area contributed by atoms with Crippen molar-refractivity contribution in [2.24, 2.45) is 5.92 Å². The minimum atomic E-state index is -3.50. The first kappa shape index (κ1) is 17.4. The maximum absolute atomic E-state index is 12.3. The van der Waals surface area contributed by atoms with E-state index < -0.39 is 10.0 Å². The highest BCUT2D eigenvalue weighted by molar-refractivity contribution is 7.89. The van der Waals surface area contributed by atoms with Crippen LogP contribution < -0.4 is 10.0 Å². The van der Waals surface area contributed by atoms with Crippen LogP contribution in [-0.4, -0.2) is 21.5 Å². The summed E-state index contributed by atoms with van der Waals surface area (Å²) >= 11 is 6.04. The molecule has 0 aliphatic heterocycles. The van der Waals surface area contributed by atoms with Crippen molar-refractivity contribution in [1.29, 1.82) is 0 Å². The van der Waals surface area contributed by atoms with E-state index in [1.165, 1.54) is 6.07 Å². The summed E-state index contributed by atoms with van der Waals surface area (Å²) in [5, 5.41) is 3.53. The zero-order valence-electron chi connectivity index (χ0n) is 12.4. The molecule has 0 amide bonds. The minimum Gasteiger partial charge on any atom is -0.316 e. The van der Waals surface area contributed by atoms with Crippen molar-refractivity contribution >= 4 is 21.6 Å². The predicted octanol–water partition coefficient (Wildman–Crippen LogP) is 2.77. The molecule has 0 heterocycles. The fourth-order valence-corrected chi connectivity index (χ4v) is 3.62. The molecule has 1 rings (SSSR count). The average molecular weight is 319 g/mol. The van der Waals surface area contributed by atoms with Crippen LogP contribution in [0, 0.1) is 5.92 Å². The van der Waals surface area contributed by atoms with Crippen molar-refractivity contribution in [3.63, 3.8) is 0 Å². The molecule has 114 valence electrons. The molecule has 0 aliphatic carbocycles. The van der Waals surface area contributed by atoms with Gasteiger partial charge >= 0.3 is 0 Å². The molecule has 1 aromatic carbocycles. The van der Waals surface area contributed by atoms with E-state index in [0.717, 1.165) is 12.0 Å². The molecular weight excluding hydrogens is 296 g/mol. The minimum absolute atomic E-state index is 0.0940. The Hall–Kier alpha value is -0.620. The van der Waals surface area contributed by atoms with Gasteiger partial charge in [0, 0.05) is 17.6 Å². The van der Waals surface area contributed by atoms with Gasteiger partial charge in [0.15, 0.2) is 0 Å². The largest absolute Gasteiger partial charge is 0.316 e. The van der Waals surface area contributed by atoms with Crippen LogP contribution in [0.15, 0.2) is 23.1 Å². The number of sulfonamides is 1. The van der Waals surface area contributed by atoms with Crippen LogP contribution in [-0.2, 0) is 16.6 Å². The van der Waals surface area contributed by atoms with Gasteiger partial charge in [-0.3, -0.25) is 0 Å². The molecule has 2 N–H and O–H groups in total. The van der Waals surface area contributed by atoms with E-state index in [4.69, 9.17) is 11.6 Å². The first-order valence-corrected chi connectivity index (χ1v) is 8.57. The van der Waals surface area contributed by atoms with Crippen molar-refractivity contribution in [2.75, 3.05) is 7.05 Å². The van der Waals surface area contributed by atoms with E-state index >= 15 is 0 Å². The first-order valence-electron chi connectivity index (χ1n) is 6.71. The standard InChI is InChI=1S/C14H23ClN2O2S/c1-10(2)7-11(3)17-20(18,19)13-5-6-14(15)12(8-13)9-16-4/h5-6,8,10-11,16-17H,7,9H2,1-4H3. The molecule has 20 heavy (non-hydrogen) atoms. The second kappa shape index (κ2) is 7.41. The SMILES string of the molecule is CNCc1cc(S(=O)(=O)NC(C)CC(C)C)ccc1Cl. The number of hydrogen-bond donors (Lipinski definition) is 2. The lowest BCUT2D eigenvalue weighted by Gasteiger charge is -2.16. The third-order valence-corrected chi connectivity index (χ3v) is 4.83. The van der Waals surface area contributed by atoms with E-state index in [9.17, 15) is 8.42 Å². The van der Waals surface area contributed by atoms with Gasteiger partial charge < -0.3 is 5.32 Å². The third-order valence-electron chi connectivity index (χ3n) is 2.88. The number of benzene rings is 1. The molecule has 1 atom stereocenters. The summed E-state index contributed by atoms with van der Waals surface area (Å²) in [4.78, 5) is 0.253. The van der Waals surface area contributed by atoms with Crippen molar-refractivity contribution in [2.45, 2.75) is 44.7 Å². The van der Waals surface area contributed by atoms with Gasteiger partial charge in [0.25, 0.3) is 0 Å². The Morgan fingerprint density at radius 3 is 2.45 bits per heavy atom. The maximum Gasteiger partial charge on any atom is 0.240 e. The molecule has 0 saturated heterocycles. The van der Waals surface area contributed by atoms with Gasteiger partial charge in [-0.1, -0.05) is 25.4 Å². The van der Waals surface area contributed by atoms with Gasteiger partial charge in [-0.15, -0.1) is 0 Å². The molecule has 0 aromatic heterocycles. The van der Waals surface area contributed by atoms with Crippen LogP contribution in [0.4, 0.5) is 0 Å². The Bertz CT molecular complexity index is 544. The fraction of sp³-hybridized carbons (Fsp3) is 0.571. The quantitative estimate of drug-likeness (QED) is 0.812.